The Bertz CT molecular complexity index is 1510. The van der Waals surface area contributed by atoms with Crippen molar-refractivity contribution in [3.8, 4) is 5.75 Å². The van der Waals surface area contributed by atoms with Gasteiger partial charge in [0.05, 0.1) is 30.3 Å². The minimum atomic E-state index is -4.03. The van der Waals surface area contributed by atoms with E-state index in [9.17, 15) is 32.2 Å². The summed E-state index contributed by atoms with van der Waals surface area (Å²) in [6, 6.07) is 16.9. The van der Waals surface area contributed by atoms with Crippen LogP contribution in [-0.2, 0) is 21.2 Å². The number of aliphatic hydroxyl groups excluding tert-OH is 2. The van der Waals surface area contributed by atoms with Crippen LogP contribution in [0.5, 0.6) is 5.75 Å². The minimum absolute atomic E-state index is 0.0322. The van der Waals surface area contributed by atoms with Gasteiger partial charge in [0, 0.05) is 25.2 Å². The highest BCUT2D eigenvalue weighted by Gasteiger charge is 2.40. The number of hydrogen-bond donors (Lipinski definition) is 3. The zero-order chi connectivity index (χ0) is 32.0. The van der Waals surface area contributed by atoms with Crippen LogP contribution in [0, 0.1) is 17.6 Å². The van der Waals surface area contributed by atoms with E-state index in [1.807, 2.05) is 44.2 Å². The van der Waals surface area contributed by atoms with Gasteiger partial charge in [0.1, 0.15) is 23.6 Å². The van der Waals surface area contributed by atoms with Crippen molar-refractivity contribution in [3.63, 3.8) is 0 Å². The third kappa shape index (κ3) is 8.10. The van der Waals surface area contributed by atoms with Gasteiger partial charge in [-0.15, -0.1) is 0 Å². The number of amides is 1. The Morgan fingerprint density at radius 3 is 2.34 bits per heavy atom. The molecule has 0 bridgehead atoms. The second-order valence-corrected chi connectivity index (χ2v) is 12.9. The lowest BCUT2D eigenvalue weighted by atomic mass is 10.00. The Hall–Kier alpha value is -3.62. The number of benzene rings is 3. The van der Waals surface area contributed by atoms with Crippen molar-refractivity contribution < 1.29 is 41.7 Å². The number of ether oxygens (including phenoxy) is 2. The van der Waals surface area contributed by atoms with Crippen LogP contribution < -0.4 is 15.0 Å². The molecule has 4 atom stereocenters. The van der Waals surface area contributed by atoms with Gasteiger partial charge in [-0.3, -0.25) is 10.2 Å². The number of cyclic esters (lactones) is 1. The molecule has 238 valence electrons. The Morgan fingerprint density at radius 1 is 1.05 bits per heavy atom. The Labute approximate surface area is 255 Å². The number of rotatable bonds is 14. The number of carbonyl (C=O) groups excluding carboxylic acids is 1. The smallest absolute Gasteiger partial charge is 0.414 e. The summed E-state index contributed by atoms with van der Waals surface area (Å²) >= 11 is 0. The average molecular weight is 634 g/mol. The molecule has 4 rings (SSSR count). The van der Waals surface area contributed by atoms with Gasteiger partial charge in [0.15, 0.2) is 6.10 Å². The second-order valence-electron chi connectivity index (χ2n) is 11.0. The monoisotopic (exact) mass is 633 g/mol. The third-order valence-corrected chi connectivity index (χ3v) is 9.04. The molecule has 3 aromatic rings. The molecule has 1 saturated heterocycles. The van der Waals surface area contributed by atoms with Gasteiger partial charge < -0.3 is 19.7 Å². The van der Waals surface area contributed by atoms with Crippen LogP contribution >= 0.6 is 0 Å². The molecule has 1 aliphatic heterocycles. The van der Waals surface area contributed by atoms with E-state index in [0.29, 0.717) is 11.8 Å². The molecule has 1 amide bonds. The van der Waals surface area contributed by atoms with Crippen molar-refractivity contribution in [1.82, 2.24) is 9.62 Å². The molecule has 1 unspecified atom stereocenters. The quantitative estimate of drug-likeness (QED) is 0.230. The zero-order valence-electron chi connectivity index (χ0n) is 24.6. The largest absolute Gasteiger partial charge is 0.497 e. The molecule has 3 N–H and O–H groups in total. The fourth-order valence-electron chi connectivity index (χ4n) is 4.96. The summed E-state index contributed by atoms with van der Waals surface area (Å²) in [6.45, 7) is 3.27. The molecule has 13 heteroatoms. The zero-order valence-corrected chi connectivity index (χ0v) is 25.5. The van der Waals surface area contributed by atoms with Crippen LogP contribution in [-0.4, -0.2) is 80.3 Å². The Balaban J connectivity index is 1.55. The number of carbonyl (C=O) groups is 1. The molecule has 0 aliphatic carbocycles. The fourth-order valence-corrected chi connectivity index (χ4v) is 6.58. The molecule has 3 aromatic carbocycles. The highest BCUT2D eigenvalue weighted by molar-refractivity contribution is 7.89. The highest BCUT2D eigenvalue weighted by atomic mass is 32.2. The number of methoxy groups -OCH3 is 1. The first-order chi connectivity index (χ1) is 20.9. The number of anilines is 1. The van der Waals surface area contributed by atoms with Crippen molar-refractivity contribution >= 4 is 21.8 Å². The summed E-state index contributed by atoms with van der Waals surface area (Å²) in [4.78, 5) is 13.5. The molecule has 44 heavy (non-hydrogen) atoms. The maximum atomic E-state index is 14.4. The van der Waals surface area contributed by atoms with E-state index in [2.05, 4.69) is 5.32 Å². The molecule has 0 aromatic heterocycles. The Kier molecular flexibility index (Phi) is 10.9. The van der Waals surface area contributed by atoms with Gasteiger partial charge in [-0.25, -0.2) is 22.0 Å². The summed E-state index contributed by atoms with van der Waals surface area (Å²) < 4.78 is 66.7. The first kappa shape index (κ1) is 33.3. The van der Waals surface area contributed by atoms with Gasteiger partial charge in [-0.05, 0) is 54.3 Å². The van der Waals surface area contributed by atoms with Gasteiger partial charge in [0.2, 0.25) is 10.0 Å². The maximum absolute atomic E-state index is 14.4. The normalized spacial score (nSPS) is 17.5. The van der Waals surface area contributed by atoms with E-state index >= 15 is 0 Å². The SMILES string of the molecule is COc1ccc(S(=O)(=O)N(CC(C)C)C[C@@H](O)[C@H](Cc2ccccc2)NC(O)[C@@H]2CN(c3ccc(F)cc3F)C(=O)O2)cc1. The van der Waals surface area contributed by atoms with E-state index in [1.54, 1.807) is 0 Å². The van der Waals surface area contributed by atoms with E-state index in [1.165, 1.54) is 35.7 Å². The van der Waals surface area contributed by atoms with E-state index in [0.717, 1.165) is 22.6 Å². The molecule has 1 aliphatic rings. The Morgan fingerprint density at radius 2 is 1.73 bits per heavy atom. The number of aliphatic hydroxyl groups is 2. The van der Waals surface area contributed by atoms with Gasteiger partial charge in [0.25, 0.3) is 0 Å². The molecular weight excluding hydrogens is 596 g/mol. The summed E-state index contributed by atoms with van der Waals surface area (Å²) in [5.74, 6) is -1.35. The topological polar surface area (TPSA) is 129 Å². The average Bonchev–Trinajstić information content (AvgIpc) is 3.38. The molecule has 10 nitrogen and oxygen atoms in total. The number of sulfonamides is 1. The second kappa shape index (κ2) is 14.4. The van der Waals surface area contributed by atoms with Crippen molar-refractivity contribution in [2.24, 2.45) is 5.92 Å². The molecular formula is C31H37F2N3O7S. The maximum Gasteiger partial charge on any atom is 0.414 e. The van der Waals surface area contributed by atoms with Crippen molar-refractivity contribution in [2.75, 3.05) is 31.6 Å². The lowest BCUT2D eigenvalue weighted by Gasteiger charge is -2.32. The summed E-state index contributed by atoms with van der Waals surface area (Å²) in [5, 5.41) is 25.5. The standard InChI is InChI=1S/C31H37F2N3O7S/c1-20(2)17-35(44(40,41)24-12-10-23(42-3)11-13-24)18-28(37)26(15-21-7-5-4-6-8-21)34-30(38)29-19-36(31(39)43-29)27-14-9-22(32)16-25(27)33/h4-14,16,20,26,28-30,34,37-38H,15,17-19H2,1-3H3/t26-,28+,29-,30?/m0/s1. The molecule has 0 spiro atoms. The lowest BCUT2D eigenvalue weighted by molar-refractivity contribution is -0.0119. The van der Waals surface area contributed by atoms with Crippen LogP contribution in [0.2, 0.25) is 0 Å². The van der Waals surface area contributed by atoms with Gasteiger partial charge >= 0.3 is 6.09 Å². The highest BCUT2D eigenvalue weighted by Crippen LogP contribution is 2.27. The lowest BCUT2D eigenvalue weighted by Crippen LogP contribution is -2.55. The predicted molar refractivity (Wildman–Crippen MR) is 160 cm³/mol. The summed E-state index contributed by atoms with van der Waals surface area (Å²) in [6.07, 6.45) is -4.76. The summed E-state index contributed by atoms with van der Waals surface area (Å²) in [7, 11) is -2.55. The molecule has 1 fully saturated rings. The van der Waals surface area contributed by atoms with Crippen LogP contribution in [0.15, 0.2) is 77.7 Å². The van der Waals surface area contributed by atoms with Gasteiger partial charge in [-0.1, -0.05) is 44.2 Å². The number of halogens is 2. The van der Waals surface area contributed by atoms with Crippen LogP contribution in [0.3, 0.4) is 0 Å². The predicted octanol–water partition coefficient (Wildman–Crippen LogP) is 3.53. The van der Waals surface area contributed by atoms with E-state index in [-0.39, 0.29) is 42.6 Å². The van der Waals surface area contributed by atoms with Crippen LogP contribution in [0.1, 0.15) is 19.4 Å². The van der Waals surface area contributed by atoms with Crippen molar-refractivity contribution in [2.45, 2.75) is 49.6 Å². The fraction of sp³-hybridized carbons (Fsp3) is 0.387. The van der Waals surface area contributed by atoms with E-state index in [4.69, 9.17) is 9.47 Å². The minimum Gasteiger partial charge on any atom is -0.497 e. The number of hydrogen-bond acceptors (Lipinski definition) is 8. The molecule has 0 saturated carbocycles. The first-order valence-electron chi connectivity index (χ1n) is 14.1. The summed E-state index contributed by atoms with van der Waals surface area (Å²) in [5.41, 5.74) is 0.586. The van der Waals surface area contributed by atoms with Gasteiger partial charge in [-0.2, -0.15) is 4.31 Å². The van der Waals surface area contributed by atoms with Crippen LogP contribution in [0.25, 0.3) is 0 Å². The van der Waals surface area contributed by atoms with Crippen molar-refractivity contribution in [1.29, 1.82) is 0 Å². The van der Waals surface area contributed by atoms with Crippen LogP contribution in [0.4, 0.5) is 19.3 Å². The first-order valence-corrected chi connectivity index (χ1v) is 15.6. The molecule has 1 heterocycles. The number of nitrogens with zero attached hydrogens (tertiary/aromatic N) is 2. The number of nitrogens with one attached hydrogen (secondary N) is 1. The van der Waals surface area contributed by atoms with E-state index < -0.39 is 52.2 Å². The third-order valence-electron chi connectivity index (χ3n) is 7.19. The molecule has 0 radical (unpaired) electrons. The van der Waals surface area contributed by atoms with Crippen molar-refractivity contribution in [3.05, 3.63) is 90.0 Å².